The molecule has 1 aliphatic carbocycles. The van der Waals surface area contributed by atoms with E-state index in [0.29, 0.717) is 17.3 Å². The summed E-state index contributed by atoms with van der Waals surface area (Å²) in [6, 6.07) is 0. The molecule has 2 aliphatic rings. The molecule has 7 nitrogen and oxygen atoms in total. The largest absolute Gasteiger partial charge is 0.363 e. The number of β-lactam (4-membered cyclic amide) rings is 1. The van der Waals surface area contributed by atoms with Gasteiger partial charge < -0.3 is 10.1 Å². The van der Waals surface area contributed by atoms with Crippen molar-refractivity contribution in [2.45, 2.75) is 153 Å². The second-order valence-electron chi connectivity index (χ2n) is 12.8. The molecule has 0 radical (unpaired) electrons. The van der Waals surface area contributed by atoms with E-state index in [1.807, 2.05) is 6.92 Å². The minimum Gasteiger partial charge on any atom is -0.363 e. The van der Waals surface area contributed by atoms with Gasteiger partial charge in [-0.2, -0.15) is 4.63 Å². The highest BCUT2D eigenvalue weighted by molar-refractivity contribution is 6.34. The molecule has 38 heavy (non-hydrogen) atoms. The zero-order chi connectivity index (χ0) is 27.4. The Kier molecular flexibility index (Phi) is 9.50. The quantitative estimate of drug-likeness (QED) is 0.188. The van der Waals surface area contributed by atoms with Crippen LogP contribution in [-0.4, -0.2) is 43.5 Å². The van der Waals surface area contributed by atoms with Crippen LogP contribution in [0.15, 0.2) is 0 Å². The summed E-state index contributed by atoms with van der Waals surface area (Å²) in [4.78, 5) is 17.8. The van der Waals surface area contributed by atoms with Gasteiger partial charge in [-0.1, -0.05) is 97.1 Å². The molecule has 8 heteroatoms. The average molecular weight is 548 g/mol. The van der Waals surface area contributed by atoms with Crippen molar-refractivity contribution in [3.63, 3.8) is 0 Å². The summed E-state index contributed by atoms with van der Waals surface area (Å²) in [5.41, 5.74) is 0.622. The number of hydrogen-bond acceptors (Lipinski definition) is 4. The number of rotatable bonds is 14. The molecule has 1 atom stereocenters. The number of amides is 1. The molecule has 214 valence electrons. The third kappa shape index (κ3) is 5.79. The molecule has 4 rings (SSSR count). The van der Waals surface area contributed by atoms with Crippen LogP contribution in [0.25, 0.3) is 5.65 Å². The topological polar surface area (TPSA) is 84.3 Å². The zero-order valence-corrected chi connectivity index (χ0v) is 25.2. The smallest absolute Gasteiger partial charge is 0.255 e. The van der Waals surface area contributed by atoms with Crippen LogP contribution < -0.4 is 5.32 Å². The van der Waals surface area contributed by atoms with Crippen LogP contribution in [0, 0.1) is 0 Å². The van der Waals surface area contributed by atoms with Gasteiger partial charge in [-0.05, 0) is 45.4 Å². The van der Waals surface area contributed by atoms with Gasteiger partial charge in [0.2, 0.25) is 0 Å². The zero-order valence-electron chi connectivity index (χ0n) is 24.4. The number of ether oxygens (including phenoxy) is 1. The third-order valence-electron chi connectivity index (χ3n) is 8.98. The molecule has 0 bridgehead atoms. The van der Waals surface area contributed by atoms with Crippen molar-refractivity contribution in [1.29, 1.82) is 0 Å². The van der Waals surface area contributed by atoms with E-state index < -0.39 is 5.60 Å². The average Bonchev–Trinajstić information content (AvgIpc) is 3.44. The highest BCUT2D eigenvalue weighted by Crippen LogP contribution is 2.51. The van der Waals surface area contributed by atoms with Gasteiger partial charge >= 0.3 is 0 Å². The van der Waals surface area contributed by atoms with Crippen LogP contribution in [0.1, 0.15) is 148 Å². The summed E-state index contributed by atoms with van der Waals surface area (Å²) < 4.78 is 8.05. The maximum atomic E-state index is 13.0. The number of aromatic nitrogens is 4. The minimum absolute atomic E-state index is 0.0867. The molecule has 1 saturated heterocycles. The van der Waals surface area contributed by atoms with E-state index in [4.69, 9.17) is 26.4 Å². The van der Waals surface area contributed by atoms with Gasteiger partial charge in [0.05, 0.1) is 11.2 Å². The predicted molar refractivity (Wildman–Crippen MR) is 154 cm³/mol. The Morgan fingerprint density at radius 2 is 1.61 bits per heavy atom. The van der Waals surface area contributed by atoms with E-state index in [1.165, 1.54) is 57.8 Å². The number of H-pyrrole nitrogens is 1. The van der Waals surface area contributed by atoms with E-state index in [-0.39, 0.29) is 22.8 Å². The molecule has 2 aromatic heterocycles. The summed E-state index contributed by atoms with van der Waals surface area (Å²) in [7, 11) is 0. The number of fused-ring (bicyclic) bond motifs is 1. The van der Waals surface area contributed by atoms with Gasteiger partial charge in [0.1, 0.15) is 5.02 Å². The predicted octanol–water partition coefficient (Wildman–Crippen LogP) is 7.62. The van der Waals surface area contributed by atoms with E-state index >= 15 is 0 Å². The molecule has 1 aliphatic heterocycles. The van der Waals surface area contributed by atoms with Crippen molar-refractivity contribution in [3.8, 4) is 0 Å². The van der Waals surface area contributed by atoms with Crippen molar-refractivity contribution in [1.82, 2.24) is 25.1 Å². The Morgan fingerprint density at radius 1 is 1.00 bits per heavy atom. The fourth-order valence-corrected chi connectivity index (χ4v) is 7.14. The van der Waals surface area contributed by atoms with Crippen LogP contribution in [0.2, 0.25) is 5.02 Å². The van der Waals surface area contributed by atoms with Crippen LogP contribution in [0.5, 0.6) is 0 Å². The number of unbranched alkanes of at least 4 members (excludes halogenated alkanes) is 9. The third-order valence-corrected chi connectivity index (χ3v) is 9.34. The summed E-state index contributed by atoms with van der Waals surface area (Å²) in [6.45, 7) is 11.2. The second kappa shape index (κ2) is 12.3. The molecule has 2 aromatic rings. The highest BCUT2D eigenvalue weighted by Gasteiger charge is 2.66. The normalized spacial score (nSPS) is 25.7. The maximum absolute atomic E-state index is 13.0. The van der Waals surface area contributed by atoms with Crippen molar-refractivity contribution >= 4 is 23.2 Å². The number of carbonyl (C=O) groups is 1. The molecular formula is C30H50ClN5O2. The molecule has 2 N–H and O–H groups in total. The van der Waals surface area contributed by atoms with Gasteiger partial charge in [-0.3, -0.25) is 9.89 Å². The van der Waals surface area contributed by atoms with Crippen LogP contribution in [0.4, 0.5) is 0 Å². The molecule has 3 heterocycles. The fraction of sp³-hybridized carbons (Fsp3) is 0.833. The van der Waals surface area contributed by atoms with Gasteiger partial charge in [-0.25, -0.2) is 4.98 Å². The number of hydrogen-bond donors (Lipinski definition) is 2. The van der Waals surface area contributed by atoms with Crippen molar-refractivity contribution in [2.75, 3.05) is 6.61 Å². The Morgan fingerprint density at radius 3 is 2.13 bits per heavy atom. The second-order valence-corrected chi connectivity index (χ2v) is 13.1. The van der Waals surface area contributed by atoms with Gasteiger partial charge in [0.15, 0.2) is 17.1 Å². The monoisotopic (exact) mass is 547 g/mol. The lowest BCUT2D eigenvalue weighted by Crippen LogP contribution is -2.82. The van der Waals surface area contributed by atoms with E-state index in [1.54, 1.807) is 4.63 Å². The van der Waals surface area contributed by atoms with Gasteiger partial charge in [0.25, 0.3) is 5.91 Å². The number of halogens is 1. The SMILES string of the molecule is CCCCCCCCCCCCC1(OCC)C(=O)NC12CCC(c1nc3c(Cl)c(C(C)(C)C)[nH]n3n1)CC2. The Bertz CT molecular complexity index is 1060. The first-order valence-corrected chi connectivity index (χ1v) is 15.7. The number of carbonyl (C=O) groups excluding carboxylic acids is 1. The molecule has 1 amide bonds. The molecule has 1 saturated carbocycles. The van der Waals surface area contributed by atoms with Gasteiger partial charge in [0, 0.05) is 17.9 Å². The summed E-state index contributed by atoms with van der Waals surface area (Å²) in [6.07, 6.45) is 17.4. The van der Waals surface area contributed by atoms with E-state index in [9.17, 15) is 4.79 Å². The number of aromatic amines is 1. The fourth-order valence-electron chi connectivity index (χ4n) is 6.69. The van der Waals surface area contributed by atoms with E-state index in [2.05, 4.69) is 38.1 Å². The lowest BCUT2D eigenvalue weighted by atomic mass is 9.60. The van der Waals surface area contributed by atoms with Crippen LogP contribution >= 0.6 is 11.6 Å². The Hall–Kier alpha value is -1.60. The molecular weight excluding hydrogens is 498 g/mol. The molecule has 1 unspecified atom stereocenters. The molecule has 2 fully saturated rings. The van der Waals surface area contributed by atoms with Crippen molar-refractivity contribution < 1.29 is 9.53 Å². The summed E-state index contributed by atoms with van der Waals surface area (Å²) >= 11 is 6.65. The molecule has 0 aromatic carbocycles. The first-order chi connectivity index (χ1) is 18.2. The lowest BCUT2D eigenvalue weighted by molar-refractivity contribution is -0.198. The van der Waals surface area contributed by atoms with Crippen LogP contribution in [0.3, 0.4) is 0 Å². The van der Waals surface area contributed by atoms with Crippen molar-refractivity contribution in [3.05, 3.63) is 16.5 Å². The lowest BCUT2D eigenvalue weighted by Gasteiger charge is -2.60. The van der Waals surface area contributed by atoms with Gasteiger partial charge in [-0.15, -0.1) is 5.10 Å². The summed E-state index contributed by atoms with van der Waals surface area (Å²) in [5.74, 6) is 1.19. The maximum Gasteiger partial charge on any atom is 0.255 e. The Labute approximate surface area is 234 Å². The summed E-state index contributed by atoms with van der Waals surface area (Å²) in [5, 5.41) is 12.1. The molecule has 1 spiro atoms. The van der Waals surface area contributed by atoms with Crippen molar-refractivity contribution in [2.24, 2.45) is 0 Å². The van der Waals surface area contributed by atoms with E-state index in [0.717, 1.165) is 50.0 Å². The minimum atomic E-state index is -0.675. The first-order valence-electron chi connectivity index (χ1n) is 15.3. The standard InChI is InChI=1S/C30H50ClN5O2/c1-6-8-9-10-11-12-13-14-15-16-19-30(38-7-2)27(37)33-29(30)20-17-22(18-21-29)25-32-26-23(31)24(28(3,4)5)34-36(26)35-25/h22,34H,6-21H2,1-5H3,(H,33,37). The number of nitrogens with zero attached hydrogens (tertiary/aromatic N) is 3. The van der Waals surface area contributed by atoms with Crippen LogP contribution in [-0.2, 0) is 14.9 Å². The number of nitrogens with one attached hydrogen (secondary N) is 2. The highest BCUT2D eigenvalue weighted by atomic mass is 35.5. The first kappa shape index (κ1) is 29.4. The Balaban J connectivity index is 1.31.